The van der Waals surface area contributed by atoms with Crippen LogP contribution >= 0.6 is 0 Å². The molecule has 0 bridgehead atoms. The third-order valence-electron chi connectivity index (χ3n) is 2.01. The van der Waals surface area contributed by atoms with Gasteiger partial charge in [-0.25, -0.2) is 5.84 Å². The van der Waals surface area contributed by atoms with Gasteiger partial charge in [-0.15, -0.1) is 0 Å². The summed E-state index contributed by atoms with van der Waals surface area (Å²) in [6.45, 7) is 0. The third-order valence-corrected chi connectivity index (χ3v) is 2.01. The summed E-state index contributed by atoms with van der Waals surface area (Å²) in [4.78, 5) is 5.96. The number of nitrogens with zero attached hydrogens (tertiary/aromatic N) is 2. The Morgan fingerprint density at radius 3 is 2.27 bits per heavy atom. The highest BCUT2D eigenvalue weighted by molar-refractivity contribution is 5.93. The van der Waals surface area contributed by atoms with Crippen LogP contribution in [0.3, 0.4) is 0 Å². The van der Waals surface area contributed by atoms with Crippen LogP contribution in [0.15, 0.2) is 29.3 Å². The molecule has 4 N–H and O–H groups in total. The molecule has 82 valence electrons. The van der Waals surface area contributed by atoms with E-state index in [9.17, 15) is 0 Å². The van der Waals surface area contributed by atoms with E-state index in [1.165, 1.54) is 0 Å². The lowest BCUT2D eigenvalue weighted by Crippen LogP contribution is -2.36. The first-order valence-electron chi connectivity index (χ1n) is 4.65. The summed E-state index contributed by atoms with van der Waals surface area (Å²) in [7, 11) is 5.67. The van der Waals surface area contributed by atoms with Crippen LogP contribution in [0.2, 0.25) is 0 Å². The van der Waals surface area contributed by atoms with Gasteiger partial charge in [0.25, 0.3) is 0 Å². The van der Waals surface area contributed by atoms with Gasteiger partial charge in [-0.3, -0.25) is 10.4 Å². The number of rotatable bonds is 2. The van der Waals surface area contributed by atoms with Crippen molar-refractivity contribution in [3.63, 3.8) is 0 Å². The van der Waals surface area contributed by atoms with E-state index in [0.717, 1.165) is 11.4 Å². The topological polar surface area (TPSA) is 65.7 Å². The molecule has 0 aliphatic heterocycles. The first kappa shape index (κ1) is 11.3. The first-order valence-corrected chi connectivity index (χ1v) is 4.65. The van der Waals surface area contributed by atoms with Crippen LogP contribution in [-0.2, 0) is 0 Å². The van der Waals surface area contributed by atoms with Crippen LogP contribution in [0.4, 0.5) is 11.4 Å². The molecule has 0 aliphatic carbocycles. The number of nitrogens with two attached hydrogens (primary N) is 1. The molecule has 1 aromatic carbocycles. The number of aliphatic imine (C=N–C) groups is 1. The average molecular weight is 207 g/mol. The Morgan fingerprint density at radius 1 is 1.27 bits per heavy atom. The standard InChI is InChI=1S/C10H17N5/c1-12-10(14-11)13-8-4-6-9(7-5-8)15(2)3/h4-7H,11H2,1-3H3,(H2,12,13,14). The lowest BCUT2D eigenvalue weighted by Gasteiger charge is -2.13. The van der Waals surface area contributed by atoms with Gasteiger partial charge in [0.15, 0.2) is 0 Å². The maximum Gasteiger partial charge on any atom is 0.209 e. The van der Waals surface area contributed by atoms with Crippen LogP contribution < -0.4 is 21.5 Å². The summed E-state index contributed by atoms with van der Waals surface area (Å²) in [6, 6.07) is 7.98. The molecule has 1 aromatic rings. The highest BCUT2D eigenvalue weighted by atomic mass is 15.3. The van der Waals surface area contributed by atoms with Crippen molar-refractivity contribution in [1.82, 2.24) is 5.43 Å². The molecule has 0 unspecified atom stereocenters. The van der Waals surface area contributed by atoms with Gasteiger partial charge in [0.05, 0.1) is 0 Å². The van der Waals surface area contributed by atoms with E-state index in [2.05, 4.69) is 15.7 Å². The zero-order valence-corrected chi connectivity index (χ0v) is 9.28. The summed E-state index contributed by atoms with van der Waals surface area (Å²) in [5, 5.41) is 3.04. The Bertz CT molecular complexity index is 328. The number of nitrogens with one attached hydrogen (secondary N) is 2. The fourth-order valence-electron chi connectivity index (χ4n) is 1.14. The Morgan fingerprint density at radius 2 is 1.87 bits per heavy atom. The van der Waals surface area contributed by atoms with Crippen molar-refractivity contribution >= 4 is 17.3 Å². The molecule has 15 heavy (non-hydrogen) atoms. The second kappa shape index (κ2) is 5.21. The van der Waals surface area contributed by atoms with Crippen LogP contribution in [0.1, 0.15) is 0 Å². The van der Waals surface area contributed by atoms with Crippen molar-refractivity contribution in [2.45, 2.75) is 0 Å². The number of hydrazine groups is 1. The smallest absolute Gasteiger partial charge is 0.209 e. The quantitative estimate of drug-likeness (QED) is 0.288. The fraction of sp³-hybridized carbons (Fsp3) is 0.300. The van der Waals surface area contributed by atoms with Crippen molar-refractivity contribution in [1.29, 1.82) is 0 Å². The molecule has 0 atom stereocenters. The maximum absolute atomic E-state index is 5.26. The van der Waals surface area contributed by atoms with Gasteiger partial charge in [0.2, 0.25) is 5.96 Å². The van der Waals surface area contributed by atoms with E-state index in [1.54, 1.807) is 7.05 Å². The van der Waals surface area contributed by atoms with Gasteiger partial charge in [-0.05, 0) is 24.3 Å². The normalized spacial score (nSPS) is 11.1. The van der Waals surface area contributed by atoms with E-state index >= 15 is 0 Å². The minimum absolute atomic E-state index is 0.535. The summed E-state index contributed by atoms with van der Waals surface area (Å²) in [6.07, 6.45) is 0. The van der Waals surface area contributed by atoms with Gasteiger partial charge < -0.3 is 10.2 Å². The highest BCUT2D eigenvalue weighted by Gasteiger charge is 1.97. The molecule has 0 saturated carbocycles. The molecule has 1 rings (SSSR count). The van der Waals surface area contributed by atoms with Gasteiger partial charge in [-0.2, -0.15) is 0 Å². The summed E-state index contributed by atoms with van der Waals surface area (Å²) in [5.41, 5.74) is 4.56. The predicted octanol–water partition coefficient (Wildman–Crippen LogP) is 0.614. The molecule has 0 saturated heterocycles. The van der Waals surface area contributed by atoms with Crippen molar-refractivity contribution in [3.8, 4) is 0 Å². The Kier molecular flexibility index (Phi) is 3.93. The van der Waals surface area contributed by atoms with E-state index in [1.807, 2.05) is 43.3 Å². The van der Waals surface area contributed by atoms with Crippen LogP contribution in [0.25, 0.3) is 0 Å². The zero-order chi connectivity index (χ0) is 11.3. The van der Waals surface area contributed by atoms with Crippen molar-refractivity contribution in [2.75, 3.05) is 31.4 Å². The maximum atomic E-state index is 5.26. The number of hydrogen-bond acceptors (Lipinski definition) is 3. The van der Waals surface area contributed by atoms with Crippen LogP contribution in [-0.4, -0.2) is 27.1 Å². The van der Waals surface area contributed by atoms with Crippen molar-refractivity contribution in [2.24, 2.45) is 10.8 Å². The molecule has 0 radical (unpaired) electrons. The van der Waals surface area contributed by atoms with Gasteiger partial charge in [0, 0.05) is 32.5 Å². The van der Waals surface area contributed by atoms with Gasteiger partial charge in [0.1, 0.15) is 0 Å². The Balaban J connectivity index is 2.72. The number of hydrogen-bond donors (Lipinski definition) is 3. The van der Waals surface area contributed by atoms with E-state index in [0.29, 0.717) is 5.96 Å². The Labute approximate surface area is 90.0 Å². The Hall–Kier alpha value is -1.75. The average Bonchev–Trinajstić information content (AvgIpc) is 2.26. The largest absolute Gasteiger partial charge is 0.378 e. The van der Waals surface area contributed by atoms with Crippen molar-refractivity contribution in [3.05, 3.63) is 24.3 Å². The second-order valence-corrected chi connectivity index (χ2v) is 3.28. The summed E-state index contributed by atoms with van der Waals surface area (Å²) in [5.74, 6) is 5.79. The van der Waals surface area contributed by atoms with Crippen LogP contribution in [0, 0.1) is 0 Å². The molecule has 0 aromatic heterocycles. The van der Waals surface area contributed by atoms with E-state index in [-0.39, 0.29) is 0 Å². The molecule has 0 aliphatic rings. The molecule has 0 heterocycles. The summed E-state index contributed by atoms with van der Waals surface area (Å²) < 4.78 is 0. The molecular formula is C10H17N5. The van der Waals surface area contributed by atoms with E-state index < -0.39 is 0 Å². The molecule has 0 spiro atoms. The minimum atomic E-state index is 0.535. The number of benzene rings is 1. The second-order valence-electron chi connectivity index (χ2n) is 3.28. The molecule has 0 amide bonds. The van der Waals surface area contributed by atoms with Gasteiger partial charge >= 0.3 is 0 Å². The van der Waals surface area contributed by atoms with Crippen LogP contribution in [0.5, 0.6) is 0 Å². The fourth-order valence-corrected chi connectivity index (χ4v) is 1.14. The molecular weight excluding hydrogens is 190 g/mol. The van der Waals surface area contributed by atoms with Crippen molar-refractivity contribution < 1.29 is 0 Å². The number of anilines is 2. The lowest BCUT2D eigenvalue weighted by molar-refractivity contribution is 1.01. The minimum Gasteiger partial charge on any atom is -0.378 e. The summed E-state index contributed by atoms with van der Waals surface area (Å²) >= 11 is 0. The van der Waals surface area contributed by atoms with E-state index in [4.69, 9.17) is 5.84 Å². The lowest BCUT2D eigenvalue weighted by atomic mass is 10.2. The third kappa shape index (κ3) is 3.14. The predicted molar refractivity (Wildman–Crippen MR) is 65.1 cm³/mol. The number of guanidine groups is 1. The molecule has 5 nitrogen and oxygen atoms in total. The van der Waals surface area contributed by atoms with Gasteiger partial charge in [-0.1, -0.05) is 0 Å². The molecule has 0 fully saturated rings. The first-order chi connectivity index (χ1) is 7.17. The SMILES string of the molecule is CN=C(NN)Nc1ccc(N(C)C)cc1. The monoisotopic (exact) mass is 207 g/mol. The zero-order valence-electron chi connectivity index (χ0n) is 9.28. The highest BCUT2D eigenvalue weighted by Crippen LogP contribution is 2.15. The molecule has 5 heteroatoms.